The highest BCUT2D eigenvalue weighted by atomic mass is 32.1. The van der Waals surface area contributed by atoms with Gasteiger partial charge in [-0.05, 0) is 31.7 Å². The van der Waals surface area contributed by atoms with Crippen LogP contribution in [0.5, 0.6) is 0 Å². The Morgan fingerprint density at radius 1 is 1.12 bits per heavy atom. The number of carbonyl (C=O) groups excluding carboxylic acids is 1. The quantitative estimate of drug-likeness (QED) is 0.721. The summed E-state index contributed by atoms with van der Waals surface area (Å²) in [6.07, 6.45) is 0. The molecule has 2 aromatic carbocycles. The van der Waals surface area contributed by atoms with Crippen LogP contribution in [0.2, 0.25) is 0 Å². The molecule has 0 saturated carbocycles. The molecule has 0 fully saturated rings. The van der Waals surface area contributed by atoms with E-state index in [1.165, 1.54) is 0 Å². The second-order valence-electron chi connectivity index (χ2n) is 5.94. The van der Waals surface area contributed by atoms with Gasteiger partial charge in [-0.1, -0.05) is 48.5 Å². The van der Waals surface area contributed by atoms with Crippen LogP contribution in [-0.4, -0.2) is 22.8 Å². The highest BCUT2D eigenvalue weighted by Gasteiger charge is 2.25. The van der Waals surface area contributed by atoms with Crippen molar-refractivity contribution < 1.29 is 4.79 Å². The lowest BCUT2D eigenvalue weighted by molar-refractivity contribution is -0.121. The molecule has 0 bridgehead atoms. The van der Waals surface area contributed by atoms with Crippen LogP contribution in [0.1, 0.15) is 22.3 Å². The van der Waals surface area contributed by atoms with Crippen molar-refractivity contribution in [3.8, 4) is 0 Å². The van der Waals surface area contributed by atoms with E-state index in [0.717, 1.165) is 22.0 Å². The molecule has 0 aliphatic heterocycles. The molecule has 1 atom stereocenters. The average Bonchev–Trinajstić information content (AvgIpc) is 3.01. The van der Waals surface area contributed by atoms with Gasteiger partial charge in [0.2, 0.25) is 5.91 Å². The number of nitrogens with one attached hydrogen (secondary N) is 1. The van der Waals surface area contributed by atoms with Gasteiger partial charge in [0, 0.05) is 17.6 Å². The first-order valence-electron chi connectivity index (χ1n) is 8.15. The summed E-state index contributed by atoms with van der Waals surface area (Å²) in [6.45, 7) is 2.61. The van der Waals surface area contributed by atoms with E-state index >= 15 is 0 Å². The number of likely N-dealkylation sites (N-methyl/N-ethyl adjacent to an activating group) is 1. The maximum Gasteiger partial charge on any atom is 0.246 e. The van der Waals surface area contributed by atoms with Crippen LogP contribution < -0.4 is 5.32 Å². The molecule has 3 rings (SSSR count). The van der Waals surface area contributed by atoms with Crippen molar-refractivity contribution in [2.24, 2.45) is 0 Å². The van der Waals surface area contributed by atoms with Crippen LogP contribution in [-0.2, 0) is 11.3 Å². The molecule has 0 aliphatic rings. The zero-order chi connectivity index (χ0) is 17.6. The molecular formula is C20H21N3OS. The first-order chi connectivity index (χ1) is 12.1. The number of hydrogen-bond donors (Lipinski definition) is 1. The number of aryl methyl sites for hydroxylation is 1. The molecular weight excluding hydrogens is 330 g/mol. The molecule has 25 heavy (non-hydrogen) atoms. The number of para-hydroxylation sites is 1. The van der Waals surface area contributed by atoms with Crippen molar-refractivity contribution in [1.29, 1.82) is 0 Å². The summed E-state index contributed by atoms with van der Waals surface area (Å²) < 4.78 is 0. The number of carbonyl (C=O) groups is 1. The molecule has 4 nitrogen and oxygen atoms in total. The number of thiazole rings is 1. The van der Waals surface area contributed by atoms with Gasteiger partial charge in [-0.25, -0.2) is 4.98 Å². The van der Waals surface area contributed by atoms with Crippen LogP contribution >= 0.6 is 11.3 Å². The number of benzene rings is 2. The first-order valence-corrected chi connectivity index (χ1v) is 9.03. The fourth-order valence-corrected chi connectivity index (χ4v) is 3.40. The van der Waals surface area contributed by atoms with E-state index in [9.17, 15) is 4.79 Å². The zero-order valence-corrected chi connectivity index (χ0v) is 15.2. The molecule has 128 valence electrons. The van der Waals surface area contributed by atoms with E-state index < -0.39 is 0 Å². The number of aromatic nitrogens is 1. The number of amides is 1. The molecule has 0 saturated heterocycles. The minimum Gasteiger partial charge on any atom is -0.324 e. The minimum absolute atomic E-state index is 0.0492. The van der Waals surface area contributed by atoms with E-state index in [1.807, 2.05) is 84.9 Å². The van der Waals surface area contributed by atoms with E-state index in [2.05, 4.69) is 10.3 Å². The zero-order valence-electron chi connectivity index (χ0n) is 14.3. The number of hydrogen-bond acceptors (Lipinski definition) is 4. The summed E-state index contributed by atoms with van der Waals surface area (Å²) in [5.74, 6) is -0.0492. The third kappa shape index (κ3) is 4.53. The first kappa shape index (κ1) is 17.3. The fourth-order valence-electron chi connectivity index (χ4n) is 2.80. The predicted molar refractivity (Wildman–Crippen MR) is 103 cm³/mol. The Labute approximate surface area is 152 Å². The Hall–Kier alpha value is -2.50. The Balaban J connectivity index is 1.83. The Kier molecular flexibility index (Phi) is 5.58. The Bertz CT molecular complexity index is 817. The maximum atomic E-state index is 13.0. The molecule has 5 heteroatoms. The smallest absolute Gasteiger partial charge is 0.246 e. The van der Waals surface area contributed by atoms with Gasteiger partial charge in [-0.2, -0.15) is 0 Å². The Morgan fingerprint density at radius 2 is 1.76 bits per heavy atom. The van der Waals surface area contributed by atoms with E-state index in [1.54, 1.807) is 11.3 Å². The number of rotatable bonds is 6. The summed E-state index contributed by atoms with van der Waals surface area (Å²) in [4.78, 5) is 19.5. The number of nitrogens with zero attached hydrogens (tertiary/aromatic N) is 2. The molecule has 0 radical (unpaired) electrons. The summed E-state index contributed by atoms with van der Waals surface area (Å²) in [5.41, 5.74) is 2.75. The van der Waals surface area contributed by atoms with Crippen molar-refractivity contribution in [2.45, 2.75) is 19.5 Å². The van der Waals surface area contributed by atoms with Crippen LogP contribution in [0.4, 0.5) is 5.69 Å². The average molecular weight is 351 g/mol. The molecule has 0 spiro atoms. The van der Waals surface area contributed by atoms with E-state index in [4.69, 9.17) is 0 Å². The SMILES string of the molecule is Cc1nc(CN(C)C(C(=O)Nc2ccccc2)c2ccccc2)cs1. The van der Waals surface area contributed by atoms with Crippen molar-refractivity contribution >= 4 is 22.9 Å². The molecule has 1 unspecified atom stereocenters. The monoisotopic (exact) mass is 351 g/mol. The normalized spacial score (nSPS) is 12.1. The molecule has 1 N–H and O–H groups in total. The summed E-state index contributed by atoms with van der Waals surface area (Å²) in [7, 11) is 1.96. The van der Waals surface area contributed by atoms with E-state index in [-0.39, 0.29) is 11.9 Å². The third-order valence-corrected chi connectivity index (χ3v) is 4.75. The van der Waals surface area contributed by atoms with Gasteiger partial charge >= 0.3 is 0 Å². The van der Waals surface area contributed by atoms with Crippen molar-refractivity contribution in [2.75, 3.05) is 12.4 Å². The van der Waals surface area contributed by atoms with Gasteiger partial charge < -0.3 is 5.32 Å². The molecule has 1 aromatic heterocycles. The molecule has 0 aliphatic carbocycles. The van der Waals surface area contributed by atoms with Crippen molar-refractivity contribution in [3.63, 3.8) is 0 Å². The predicted octanol–water partition coefficient (Wildman–Crippen LogP) is 4.26. The highest BCUT2D eigenvalue weighted by molar-refractivity contribution is 7.09. The van der Waals surface area contributed by atoms with E-state index in [0.29, 0.717) is 6.54 Å². The lowest BCUT2D eigenvalue weighted by Gasteiger charge is -2.27. The van der Waals surface area contributed by atoms with Crippen molar-refractivity contribution in [3.05, 3.63) is 82.3 Å². The van der Waals surface area contributed by atoms with Gasteiger partial charge in [0.05, 0.1) is 10.7 Å². The lowest BCUT2D eigenvalue weighted by atomic mass is 10.0. The van der Waals surface area contributed by atoms with Crippen LogP contribution in [0.3, 0.4) is 0 Å². The summed E-state index contributed by atoms with van der Waals surface area (Å²) >= 11 is 1.63. The number of anilines is 1. The third-order valence-electron chi connectivity index (χ3n) is 3.92. The van der Waals surface area contributed by atoms with Gasteiger partial charge in [-0.3, -0.25) is 9.69 Å². The maximum absolute atomic E-state index is 13.0. The summed E-state index contributed by atoms with van der Waals surface area (Å²) in [5, 5.41) is 6.09. The second-order valence-corrected chi connectivity index (χ2v) is 7.00. The standard InChI is InChI=1S/C20H21N3OS/c1-15-21-18(14-25-15)13-23(2)19(16-9-5-3-6-10-16)20(24)22-17-11-7-4-8-12-17/h3-12,14,19H,13H2,1-2H3,(H,22,24). The molecule has 3 aromatic rings. The Morgan fingerprint density at radius 3 is 2.36 bits per heavy atom. The minimum atomic E-state index is -0.386. The van der Waals surface area contributed by atoms with Gasteiger partial charge in [0.15, 0.2) is 0 Å². The second kappa shape index (κ2) is 8.05. The van der Waals surface area contributed by atoms with Crippen LogP contribution in [0.15, 0.2) is 66.0 Å². The largest absolute Gasteiger partial charge is 0.324 e. The van der Waals surface area contributed by atoms with Crippen LogP contribution in [0.25, 0.3) is 0 Å². The summed E-state index contributed by atoms with van der Waals surface area (Å²) in [6, 6.07) is 19.0. The highest BCUT2D eigenvalue weighted by Crippen LogP contribution is 2.24. The van der Waals surface area contributed by atoms with Crippen molar-refractivity contribution in [1.82, 2.24) is 9.88 Å². The van der Waals surface area contributed by atoms with Gasteiger partial charge in [0.1, 0.15) is 6.04 Å². The van der Waals surface area contributed by atoms with Gasteiger partial charge in [0.25, 0.3) is 0 Å². The van der Waals surface area contributed by atoms with Crippen LogP contribution in [0, 0.1) is 6.92 Å². The molecule has 1 amide bonds. The van der Waals surface area contributed by atoms with Gasteiger partial charge in [-0.15, -0.1) is 11.3 Å². The molecule has 1 heterocycles. The fraction of sp³-hybridized carbons (Fsp3) is 0.200. The topological polar surface area (TPSA) is 45.2 Å². The lowest BCUT2D eigenvalue weighted by Crippen LogP contribution is -2.34.